The molecule has 2 unspecified atom stereocenters. The number of hydrogen-bond acceptors (Lipinski definition) is 5. The number of hydrogen-bond donors (Lipinski definition) is 1. The zero-order valence-electron chi connectivity index (χ0n) is 21.5. The number of Topliss-reactive ketones (excluding diaryl/α,β-unsaturated/α-hetero) is 1. The van der Waals surface area contributed by atoms with Crippen LogP contribution in [0, 0.1) is 0 Å². The number of halogens is 1. The number of esters is 1. The molecule has 0 fully saturated rings. The van der Waals surface area contributed by atoms with Crippen LogP contribution in [0.3, 0.4) is 0 Å². The van der Waals surface area contributed by atoms with Crippen LogP contribution >= 0.6 is 11.6 Å². The molecule has 38 heavy (non-hydrogen) atoms. The first-order chi connectivity index (χ1) is 18.4. The van der Waals surface area contributed by atoms with Gasteiger partial charge in [0.25, 0.3) is 0 Å². The first-order valence-corrected chi connectivity index (χ1v) is 13.3. The second kappa shape index (κ2) is 11.3. The van der Waals surface area contributed by atoms with Crippen LogP contribution < -0.4 is 10.1 Å². The van der Waals surface area contributed by atoms with Crippen molar-refractivity contribution in [3.63, 3.8) is 0 Å². The van der Waals surface area contributed by atoms with E-state index < -0.39 is 11.9 Å². The molecule has 2 atom stereocenters. The van der Waals surface area contributed by atoms with Gasteiger partial charge in [-0.1, -0.05) is 66.2 Å². The summed E-state index contributed by atoms with van der Waals surface area (Å²) < 4.78 is 11.4. The third-order valence-corrected chi connectivity index (χ3v) is 7.38. The lowest BCUT2D eigenvalue weighted by atomic mass is 9.71. The molecule has 194 valence electrons. The van der Waals surface area contributed by atoms with Gasteiger partial charge in [-0.2, -0.15) is 0 Å². The summed E-state index contributed by atoms with van der Waals surface area (Å²) in [5, 5.41) is 4.07. The van der Waals surface area contributed by atoms with Crippen molar-refractivity contribution in [1.82, 2.24) is 5.32 Å². The predicted octanol–water partition coefficient (Wildman–Crippen LogP) is 6.84. The Labute approximate surface area is 228 Å². The molecule has 6 heteroatoms. The first-order valence-electron chi connectivity index (χ1n) is 12.9. The summed E-state index contributed by atoms with van der Waals surface area (Å²) in [7, 11) is 0. The van der Waals surface area contributed by atoms with Crippen molar-refractivity contribution >= 4 is 23.4 Å². The van der Waals surface area contributed by atoms with Crippen LogP contribution in [0.15, 0.2) is 101 Å². The summed E-state index contributed by atoms with van der Waals surface area (Å²) in [6, 6.07) is 24.9. The Morgan fingerprint density at radius 3 is 2.32 bits per heavy atom. The largest absolute Gasteiger partial charge is 0.494 e. The number of benzene rings is 3. The average Bonchev–Trinajstić information content (AvgIpc) is 2.92. The minimum atomic E-state index is -0.524. The van der Waals surface area contributed by atoms with Crippen LogP contribution in [-0.2, 0) is 20.9 Å². The van der Waals surface area contributed by atoms with E-state index in [2.05, 4.69) is 5.32 Å². The Hall–Kier alpha value is -3.83. The fourth-order valence-electron chi connectivity index (χ4n) is 5.34. The van der Waals surface area contributed by atoms with Gasteiger partial charge in [0.2, 0.25) is 0 Å². The molecule has 0 spiro atoms. The van der Waals surface area contributed by atoms with Crippen LogP contribution in [0.2, 0.25) is 5.02 Å². The van der Waals surface area contributed by atoms with Crippen molar-refractivity contribution in [1.29, 1.82) is 0 Å². The Morgan fingerprint density at radius 1 is 0.947 bits per heavy atom. The Morgan fingerprint density at radius 2 is 1.63 bits per heavy atom. The lowest BCUT2D eigenvalue weighted by molar-refractivity contribution is -0.140. The number of carbonyl (C=O) groups is 2. The summed E-state index contributed by atoms with van der Waals surface area (Å²) in [6.07, 6.45) is 1.03. The second-order valence-electron chi connectivity index (χ2n) is 9.63. The number of rotatable bonds is 7. The maximum atomic E-state index is 13.8. The molecule has 0 saturated carbocycles. The molecule has 0 radical (unpaired) electrons. The maximum absolute atomic E-state index is 13.8. The number of allylic oxidation sites excluding steroid dienone is 3. The zero-order chi connectivity index (χ0) is 26.6. The quantitative estimate of drug-likeness (QED) is 0.341. The van der Waals surface area contributed by atoms with Crippen molar-refractivity contribution in [2.24, 2.45) is 0 Å². The third kappa shape index (κ3) is 5.39. The van der Waals surface area contributed by atoms with Crippen LogP contribution in [0.5, 0.6) is 5.75 Å². The molecular formula is C32H30ClNO4. The normalized spacial score (nSPS) is 19.1. The molecule has 0 bridgehead atoms. The van der Waals surface area contributed by atoms with Crippen molar-refractivity contribution in [2.75, 3.05) is 6.61 Å². The lowest BCUT2D eigenvalue weighted by Gasteiger charge is -2.36. The van der Waals surface area contributed by atoms with E-state index in [4.69, 9.17) is 21.1 Å². The maximum Gasteiger partial charge on any atom is 0.337 e. The fourth-order valence-corrected chi connectivity index (χ4v) is 5.46. The average molecular weight is 528 g/mol. The Bertz CT molecular complexity index is 1390. The van der Waals surface area contributed by atoms with Crippen molar-refractivity contribution < 1.29 is 19.1 Å². The van der Waals surface area contributed by atoms with Crippen LogP contribution in [0.1, 0.15) is 55.2 Å². The molecule has 1 heterocycles. The van der Waals surface area contributed by atoms with Crippen molar-refractivity contribution in [3.8, 4) is 5.75 Å². The van der Waals surface area contributed by atoms with Crippen molar-refractivity contribution in [3.05, 3.63) is 123 Å². The van der Waals surface area contributed by atoms with E-state index >= 15 is 0 Å². The van der Waals surface area contributed by atoms with Crippen LogP contribution in [-0.4, -0.2) is 18.4 Å². The summed E-state index contributed by atoms with van der Waals surface area (Å²) in [5.74, 6) is -0.156. The second-order valence-corrected chi connectivity index (χ2v) is 10.1. The molecule has 3 aromatic rings. The predicted molar refractivity (Wildman–Crippen MR) is 148 cm³/mol. The molecule has 0 saturated heterocycles. The van der Waals surface area contributed by atoms with E-state index in [-0.39, 0.29) is 18.3 Å². The molecule has 5 nitrogen and oxygen atoms in total. The third-order valence-electron chi connectivity index (χ3n) is 7.13. The molecule has 1 aliphatic carbocycles. The van der Waals surface area contributed by atoms with Gasteiger partial charge in [-0.25, -0.2) is 4.79 Å². The van der Waals surface area contributed by atoms with Gasteiger partial charge in [0.1, 0.15) is 12.4 Å². The van der Waals surface area contributed by atoms with E-state index in [1.165, 1.54) is 0 Å². The molecular weight excluding hydrogens is 498 g/mol. The SMILES string of the molecule is CCOc1ccc(C2C(C(=O)OCc3ccccc3)=C(C)NC3=C2C(=O)CC(c2ccc(Cl)cc2)C3)cc1. The van der Waals surface area contributed by atoms with Gasteiger partial charge in [0.15, 0.2) is 5.78 Å². The van der Waals surface area contributed by atoms with Crippen LogP contribution in [0.25, 0.3) is 0 Å². The van der Waals surface area contributed by atoms with E-state index in [0.29, 0.717) is 41.3 Å². The standard InChI is InChI=1S/C32H30ClNO4/c1-3-37-26-15-11-23(12-16-26)30-29(32(36)38-19-21-7-5-4-6-8-21)20(2)34-27-17-24(18-28(35)31(27)30)22-9-13-25(33)14-10-22/h4-16,24,30,34H,3,17-19H2,1-2H3. The summed E-state index contributed by atoms with van der Waals surface area (Å²) in [5.41, 5.74) is 5.48. The Kier molecular flexibility index (Phi) is 7.66. The number of carbonyl (C=O) groups excluding carboxylic acids is 2. The molecule has 0 aromatic heterocycles. The van der Waals surface area contributed by atoms with E-state index in [1.54, 1.807) is 0 Å². The van der Waals surface area contributed by atoms with E-state index in [0.717, 1.165) is 28.1 Å². The molecule has 2 aliphatic rings. The Balaban J connectivity index is 1.50. The topological polar surface area (TPSA) is 64.6 Å². The van der Waals surface area contributed by atoms with Gasteiger partial charge in [-0.15, -0.1) is 0 Å². The molecule has 5 rings (SSSR count). The first kappa shape index (κ1) is 25.8. The van der Waals surface area contributed by atoms with Gasteiger partial charge >= 0.3 is 5.97 Å². The number of ketones is 1. The highest BCUT2D eigenvalue weighted by Gasteiger charge is 2.41. The van der Waals surface area contributed by atoms with Gasteiger partial charge in [-0.05, 0) is 67.1 Å². The van der Waals surface area contributed by atoms with Gasteiger partial charge < -0.3 is 14.8 Å². The summed E-state index contributed by atoms with van der Waals surface area (Å²) in [6.45, 7) is 4.52. The van der Waals surface area contributed by atoms with Crippen molar-refractivity contribution in [2.45, 2.75) is 45.1 Å². The van der Waals surface area contributed by atoms with Crippen LogP contribution in [0.4, 0.5) is 0 Å². The number of ether oxygens (including phenoxy) is 2. The lowest BCUT2D eigenvalue weighted by Crippen LogP contribution is -2.36. The van der Waals surface area contributed by atoms with Gasteiger partial charge in [0.05, 0.1) is 12.2 Å². The number of nitrogens with one attached hydrogen (secondary N) is 1. The van der Waals surface area contributed by atoms with E-state index in [1.807, 2.05) is 92.7 Å². The molecule has 3 aromatic carbocycles. The molecule has 0 amide bonds. The minimum absolute atomic E-state index is 0.0263. The monoisotopic (exact) mass is 527 g/mol. The zero-order valence-corrected chi connectivity index (χ0v) is 22.3. The van der Waals surface area contributed by atoms with E-state index in [9.17, 15) is 9.59 Å². The fraction of sp³-hybridized carbons (Fsp3) is 0.250. The van der Waals surface area contributed by atoms with Gasteiger partial charge in [-0.3, -0.25) is 4.79 Å². The highest BCUT2D eigenvalue weighted by atomic mass is 35.5. The number of dihydropyridines is 1. The molecule has 1 N–H and O–H groups in total. The highest BCUT2D eigenvalue weighted by molar-refractivity contribution is 6.30. The molecule has 1 aliphatic heterocycles. The van der Waals surface area contributed by atoms with Gasteiger partial charge in [0, 0.05) is 34.3 Å². The summed E-state index contributed by atoms with van der Waals surface area (Å²) >= 11 is 6.09. The smallest absolute Gasteiger partial charge is 0.337 e. The summed E-state index contributed by atoms with van der Waals surface area (Å²) in [4.78, 5) is 27.3. The highest BCUT2D eigenvalue weighted by Crippen LogP contribution is 2.46. The minimum Gasteiger partial charge on any atom is -0.494 e.